The summed E-state index contributed by atoms with van der Waals surface area (Å²) in [6, 6.07) is 2.46. The molecule has 16 heavy (non-hydrogen) atoms. The molecule has 1 saturated carbocycles. The molecule has 0 spiro atoms. The van der Waals surface area contributed by atoms with Crippen molar-refractivity contribution in [3.8, 4) is 0 Å². The molecule has 0 heterocycles. The van der Waals surface area contributed by atoms with Crippen LogP contribution in [0.1, 0.15) is 19.3 Å². The van der Waals surface area contributed by atoms with Gasteiger partial charge in [0.15, 0.2) is 0 Å². The molecule has 0 unspecified atom stereocenters. The highest BCUT2D eigenvalue weighted by atomic mass is 79.9. The molecule has 0 radical (unpaired) electrons. The predicted molar refractivity (Wildman–Crippen MR) is 65.1 cm³/mol. The molecule has 1 fully saturated rings. The van der Waals surface area contributed by atoms with Crippen LogP contribution in [0.25, 0.3) is 0 Å². The van der Waals surface area contributed by atoms with Crippen molar-refractivity contribution in [2.75, 3.05) is 5.32 Å². The average Bonchev–Trinajstić information content (AvgIpc) is 2.95. The number of rotatable bonds is 3. The van der Waals surface area contributed by atoms with Crippen molar-refractivity contribution < 1.29 is 9.18 Å². The summed E-state index contributed by atoms with van der Waals surface area (Å²) in [5.41, 5.74) is 0.439. The minimum absolute atomic E-state index is 0.0725. The van der Waals surface area contributed by atoms with E-state index >= 15 is 0 Å². The van der Waals surface area contributed by atoms with E-state index in [0.717, 1.165) is 12.8 Å². The normalized spacial score (nSPS) is 14.9. The quantitative estimate of drug-likeness (QED) is 0.899. The molecule has 1 aliphatic carbocycles. The molecular formula is C11H10BrClFNO. The van der Waals surface area contributed by atoms with E-state index < -0.39 is 5.82 Å². The Labute approximate surface area is 106 Å². The minimum Gasteiger partial charge on any atom is -0.324 e. The van der Waals surface area contributed by atoms with Gasteiger partial charge in [0.05, 0.1) is 10.7 Å². The van der Waals surface area contributed by atoms with Crippen LogP contribution in [0.5, 0.6) is 0 Å². The van der Waals surface area contributed by atoms with Crippen molar-refractivity contribution in [3.63, 3.8) is 0 Å². The van der Waals surface area contributed by atoms with Crippen molar-refractivity contribution in [3.05, 3.63) is 27.4 Å². The molecule has 1 aromatic carbocycles. The summed E-state index contributed by atoms with van der Waals surface area (Å²) in [6.45, 7) is 0. The first-order valence-electron chi connectivity index (χ1n) is 5.00. The Balaban J connectivity index is 2.10. The SMILES string of the molecule is O=C(CC1CC1)Nc1c(Cl)cc(F)cc1Br. The summed E-state index contributed by atoms with van der Waals surface area (Å²) in [5.74, 6) is 0.00627. The molecule has 0 aromatic heterocycles. The van der Waals surface area contributed by atoms with Crippen LogP contribution in [0.3, 0.4) is 0 Å². The second-order valence-electron chi connectivity index (χ2n) is 3.94. The van der Waals surface area contributed by atoms with Gasteiger partial charge in [-0.15, -0.1) is 0 Å². The zero-order chi connectivity index (χ0) is 11.7. The Bertz CT molecular complexity index is 411. The highest BCUT2D eigenvalue weighted by molar-refractivity contribution is 9.10. The lowest BCUT2D eigenvalue weighted by Gasteiger charge is -2.09. The van der Waals surface area contributed by atoms with Crippen molar-refractivity contribution in [1.29, 1.82) is 0 Å². The van der Waals surface area contributed by atoms with Crippen molar-refractivity contribution >= 4 is 39.1 Å². The summed E-state index contributed by atoms with van der Waals surface area (Å²) in [4.78, 5) is 11.6. The van der Waals surface area contributed by atoms with Gasteiger partial charge in [-0.3, -0.25) is 4.79 Å². The molecule has 0 atom stereocenters. The zero-order valence-corrected chi connectivity index (χ0v) is 10.7. The maximum absolute atomic E-state index is 12.9. The Morgan fingerprint density at radius 2 is 2.25 bits per heavy atom. The van der Waals surface area contributed by atoms with Gasteiger partial charge in [0.25, 0.3) is 0 Å². The molecule has 1 aromatic rings. The molecular weight excluding hydrogens is 296 g/mol. The summed E-state index contributed by atoms with van der Waals surface area (Å²) in [6.07, 6.45) is 2.75. The van der Waals surface area contributed by atoms with Gasteiger partial charge in [-0.25, -0.2) is 4.39 Å². The molecule has 1 amide bonds. The van der Waals surface area contributed by atoms with Crippen LogP contribution in [-0.2, 0) is 4.79 Å². The van der Waals surface area contributed by atoms with E-state index in [2.05, 4.69) is 21.2 Å². The fourth-order valence-corrected chi connectivity index (χ4v) is 2.34. The third kappa shape index (κ3) is 2.95. The van der Waals surface area contributed by atoms with Crippen LogP contribution >= 0.6 is 27.5 Å². The number of nitrogens with one attached hydrogen (secondary N) is 1. The number of halogens is 3. The third-order valence-electron chi connectivity index (χ3n) is 2.44. The number of amides is 1. The Hall–Kier alpha value is -0.610. The number of hydrogen-bond donors (Lipinski definition) is 1. The molecule has 1 N–H and O–H groups in total. The topological polar surface area (TPSA) is 29.1 Å². The summed E-state index contributed by atoms with van der Waals surface area (Å²) in [5, 5.41) is 2.90. The van der Waals surface area contributed by atoms with E-state index in [1.807, 2.05) is 0 Å². The van der Waals surface area contributed by atoms with Crippen LogP contribution in [0, 0.1) is 11.7 Å². The number of benzene rings is 1. The molecule has 2 rings (SSSR count). The first-order chi connectivity index (χ1) is 7.56. The summed E-state index contributed by atoms with van der Waals surface area (Å²) >= 11 is 9.02. The molecule has 1 aliphatic rings. The van der Waals surface area contributed by atoms with Crippen LogP contribution in [0.4, 0.5) is 10.1 Å². The van der Waals surface area contributed by atoms with E-state index in [-0.39, 0.29) is 10.9 Å². The van der Waals surface area contributed by atoms with Gasteiger partial charge < -0.3 is 5.32 Å². The lowest BCUT2D eigenvalue weighted by atomic mass is 10.2. The molecule has 0 bridgehead atoms. The van der Waals surface area contributed by atoms with Crippen molar-refractivity contribution in [1.82, 2.24) is 0 Å². The smallest absolute Gasteiger partial charge is 0.224 e. The maximum Gasteiger partial charge on any atom is 0.224 e. The second kappa shape index (κ2) is 4.72. The largest absolute Gasteiger partial charge is 0.324 e. The van der Waals surface area contributed by atoms with E-state index in [1.165, 1.54) is 12.1 Å². The number of carbonyl (C=O) groups is 1. The minimum atomic E-state index is -0.433. The fourth-order valence-electron chi connectivity index (χ4n) is 1.44. The van der Waals surface area contributed by atoms with Crippen LogP contribution in [-0.4, -0.2) is 5.91 Å². The van der Waals surface area contributed by atoms with Crippen LogP contribution in [0.15, 0.2) is 16.6 Å². The average molecular weight is 307 g/mol. The number of anilines is 1. The second-order valence-corrected chi connectivity index (χ2v) is 5.20. The van der Waals surface area contributed by atoms with Gasteiger partial charge >= 0.3 is 0 Å². The fraction of sp³-hybridized carbons (Fsp3) is 0.364. The van der Waals surface area contributed by atoms with E-state index in [0.29, 0.717) is 22.5 Å². The highest BCUT2D eigenvalue weighted by Gasteiger charge is 2.25. The van der Waals surface area contributed by atoms with Gasteiger partial charge in [0, 0.05) is 10.9 Å². The summed E-state index contributed by atoms with van der Waals surface area (Å²) in [7, 11) is 0. The molecule has 0 saturated heterocycles. The van der Waals surface area contributed by atoms with E-state index in [1.54, 1.807) is 0 Å². The zero-order valence-electron chi connectivity index (χ0n) is 8.40. The number of carbonyl (C=O) groups excluding carboxylic acids is 1. The monoisotopic (exact) mass is 305 g/mol. The predicted octanol–water partition coefficient (Wildman–Crippen LogP) is 3.98. The lowest BCUT2D eigenvalue weighted by Crippen LogP contribution is -2.12. The molecule has 0 aliphatic heterocycles. The van der Waals surface area contributed by atoms with Gasteiger partial charge in [-0.2, -0.15) is 0 Å². The Morgan fingerprint density at radius 1 is 1.56 bits per heavy atom. The van der Waals surface area contributed by atoms with Gasteiger partial charge in [0.2, 0.25) is 5.91 Å². The van der Waals surface area contributed by atoms with Gasteiger partial charge in [-0.05, 0) is 46.8 Å². The van der Waals surface area contributed by atoms with Gasteiger partial charge in [0.1, 0.15) is 5.82 Å². The van der Waals surface area contributed by atoms with Crippen LogP contribution in [0.2, 0.25) is 5.02 Å². The third-order valence-corrected chi connectivity index (χ3v) is 3.37. The highest BCUT2D eigenvalue weighted by Crippen LogP contribution is 2.35. The standard InChI is InChI=1S/C11H10BrClFNO/c12-8-4-7(14)5-9(13)11(8)15-10(16)3-6-1-2-6/h4-6H,1-3H2,(H,15,16). The molecule has 5 heteroatoms. The van der Waals surface area contributed by atoms with Crippen molar-refractivity contribution in [2.24, 2.45) is 5.92 Å². The lowest BCUT2D eigenvalue weighted by molar-refractivity contribution is -0.116. The van der Waals surface area contributed by atoms with E-state index in [9.17, 15) is 9.18 Å². The van der Waals surface area contributed by atoms with E-state index in [4.69, 9.17) is 11.6 Å². The summed E-state index contributed by atoms with van der Waals surface area (Å²) < 4.78 is 13.4. The van der Waals surface area contributed by atoms with Crippen molar-refractivity contribution in [2.45, 2.75) is 19.3 Å². The van der Waals surface area contributed by atoms with Crippen LogP contribution < -0.4 is 5.32 Å². The Morgan fingerprint density at radius 3 is 2.81 bits per heavy atom. The molecule has 2 nitrogen and oxygen atoms in total. The maximum atomic E-state index is 12.9. The first-order valence-corrected chi connectivity index (χ1v) is 6.18. The molecule has 86 valence electrons. The number of hydrogen-bond acceptors (Lipinski definition) is 1. The first kappa shape index (κ1) is 11.9. The van der Waals surface area contributed by atoms with Gasteiger partial charge in [-0.1, -0.05) is 11.6 Å². The Kier molecular flexibility index (Phi) is 3.50.